The first-order chi connectivity index (χ1) is 16.3. The molecule has 0 saturated carbocycles. The van der Waals surface area contributed by atoms with Gasteiger partial charge in [0.2, 0.25) is 0 Å². The number of anilines is 3. The third-order valence-electron chi connectivity index (χ3n) is 5.53. The number of nitrogens with two attached hydrogens (primary N) is 1. The van der Waals surface area contributed by atoms with E-state index < -0.39 is 5.97 Å². The Labute approximate surface area is 201 Å². The molecule has 0 amide bonds. The Kier molecular flexibility index (Phi) is 8.63. The lowest BCUT2D eigenvalue weighted by Crippen LogP contribution is -2.14. The number of ketones is 1. The number of nitrogens with zero attached hydrogens (tertiary/aromatic N) is 1. The normalized spacial score (nSPS) is 10.7. The van der Waals surface area contributed by atoms with Gasteiger partial charge in [0.05, 0.1) is 6.61 Å². The van der Waals surface area contributed by atoms with Crippen molar-refractivity contribution in [3.8, 4) is 0 Å². The van der Waals surface area contributed by atoms with Crippen LogP contribution >= 0.6 is 0 Å². The summed E-state index contributed by atoms with van der Waals surface area (Å²) < 4.78 is 5.06. The van der Waals surface area contributed by atoms with E-state index in [4.69, 9.17) is 10.5 Å². The summed E-state index contributed by atoms with van der Waals surface area (Å²) in [7, 11) is 0. The van der Waals surface area contributed by atoms with Crippen LogP contribution in [-0.2, 0) is 27.2 Å². The van der Waals surface area contributed by atoms with Crippen LogP contribution in [0, 0.1) is 5.92 Å². The molecule has 0 aromatic heterocycles. The smallest absolute Gasteiger partial charge is 0.353 e. The van der Waals surface area contributed by atoms with Gasteiger partial charge in [-0.3, -0.25) is 4.79 Å². The van der Waals surface area contributed by atoms with E-state index in [1.165, 1.54) is 0 Å². The van der Waals surface area contributed by atoms with Crippen LogP contribution in [-0.4, -0.2) is 18.4 Å². The molecule has 5 nitrogen and oxygen atoms in total. The van der Waals surface area contributed by atoms with Crippen molar-refractivity contribution in [3.63, 3.8) is 0 Å². The summed E-state index contributed by atoms with van der Waals surface area (Å²) in [4.78, 5) is 25.7. The Morgan fingerprint density at radius 2 is 1.38 bits per heavy atom. The number of hydrogen-bond donors (Lipinski definition) is 1. The number of esters is 1. The number of carbonyl (C=O) groups excluding carboxylic acids is 2. The van der Waals surface area contributed by atoms with Gasteiger partial charge in [0, 0.05) is 29.4 Å². The molecule has 0 unspecified atom stereocenters. The first-order valence-corrected chi connectivity index (χ1v) is 11.5. The van der Waals surface area contributed by atoms with Crippen LogP contribution in [0.25, 0.3) is 0 Å². The molecule has 0 atom stereocenters. The predicted molar refractivity (Wildman–Crippen MR) is 137 cm³/mol. The summed E-state index contributed by atoms with van der Waals surface area (Å²) in [5, 5.41) is 0. The van der Waals surface area contributed by atoms with Crippen molar-refractivity contribution >= 4 is 28.8 Å². The molecule has 34 heavy (non-hydrogen) atoms. The van der Waals surface area contributed by atoms with Crippen LogP contribution in [0.15, 0.2) is 91.1 Å². The molecule has 3 aromatic rings. The van der Waals surface area contributed by atoms with Gasteiger partial charge in [-0.05, 0) is 60.4 Å². The highest BCUT2D eigenvalue weighted by molar-refractivity contribution is 5.86. The summed E-state index contributed by atoms with van der Waals surface area (Å²) in [6, 6.07) is 26.7. The highest BCUT2D eigenvalue weighted by Gasteiger charge is 2.13. The number of para-hydroxylation sites is 1. The standard InChI is InChI=1S/C29H32N2O3/c1-21(2)28(32)20-24-13-17-27(18-14-24)31(25-9-5-4-6-10-25)26-15-11-23(12-16-26)8-7-19-34-29(33)22(3)30/h4-6,9-18,21H,3,7-8,19-20,30H2,1-2H3. The minimum atomic E-state index is -0.562. The minimum Gasteiger partial charge on any atom is -0.461 e. The maximum atomic E-state index is 12.1. The number of benzene rings is 3. The Balaban J connectivity index is 1.75. The molecule has 0 spiro atoms. The third kappa shape index (κ3) is 6.82. The molecule has 0 aliphatic carbocycles. The van der Waals surface area contributed by atoms with E-state index in [1.54, 1.807) is 0 Å². The largest absolute Gasteiger partial charge is 0.461 e. The molecule has 0 fully saturated rings. The highest BCUT2D eigenvalue weighted by atomic mass is 16.5. The van der Waals surface area contributed by atoms with Gasteiger partial charge < -0.3 is 15.4 Å². The lowest BCUT2D eigenvalue weighted by atomic mass is 10.0. The number of carbonyl (C=O) groups is 2. The Bertz CT molecular complexity index is 1100. The van der Waals surface area contributed by atoms with E-state index in [-0.39, 0.29) is 17.4 Å². The van der Waals surface area contributed by atoms with Crippen molar-refractivity contribution in [1.29, 1.82) is 0 Å². The van der Waals surface area contributed by atoms with Crippen LogP contribution in [0.3, 0.4) is 0 Å². The lowest BCUT2D eigenvalue weighted by Gasteiger charge is -2.26. The van der Waals surface area contributed by atoms with Crippen LogP contribution < -0.4 is 10.6 Å². The molecular weight excluding hydrogens is 424 g/mol. The van der Waals surface area contributed by atoms with Gasteiger partial charge in [-0.15, -0.1) is 0 Å². The quantitative estimate of drug-likeness (QED) is 0.222. The molecule has 0 bridgehead atoms. The molecule has 0 saturated heterocycles. The summed E-state index contributed by atoms with van der Waals surface area (Å²) in [5.41, 5.74) is 10.5. The SMILES string of the molecule is C=C(N)C(=O)OCCCc1ccc(N(c2ccccc2)c2ccc(CC(=O)C(C)C)cc2)cc1. The zero-order valence-corrected chi connectivity index (χ0v) is 19.9. The summed E-state index contributed by atoms with van der Waals surface area (Å²) in [6.45, 7) is 7.54. The molecule has 0 aliphatic rings. The summed E-state index contributed by atoms with van der Waals surface area (Å²) in [5.74, 6) is -0.286. The van der Waals surface area contributed by atoms with E-state index in [0.717, 1.165) is 34.6 Å². The van der Waals surface area contributed by atoms with Gasteiger partial charge in [-0.25, -0.2) is 4.79 Å². The number of aryl methyl sites for hydroxylation is 1. The van der Waals surface area contributed by atoms with Crippen molar-refractivity contribution in [2.75, 3.05) is 11.5 Å². The molecule has 3 rings (SSSR count). The Morgan fingerprint density at radius 3 is 1.91 bits per heavy atom. The second kappa shape index (κ2) is 11.8. The van der Waals surface area contributed by atoms with Gasteiger partial charge >= 0.3 is 5.97 Å². The van der Waals surface area contributed by atoms with Gasteiger partial charge in [0.15, 0.2) is 0 Å². The number of hydrogen-bond acceptors (Lipinski definition) is 5. The first kappa shape index (κ1) is 24.8. The van der Waals surface area contributed by atoms with Crippen LogP contribution in [0.4, 0.5) is 17.1 Å². The average Bonchev–Trinajstić information content (AvgIpc) is 2.84. The number of rotatable bonds is 11. The molecule has 176 valence electrons. The molecule has 0 radical (unpaired) electrons. The zero-order chi connectivity index (χ0) is 24.5. The third-order valence-corrected chi connectivity index (χ3v) is 5.53. The van der Waals surface area contributed by atoms with Crippen molar-refractivity contribution < 1.29 is 14.3 Å². The minimum absolute atomic E-state index is 0.0335. The fourth-order valence-corrected chi connectivity index (χ4v) is 3.54. The monoisotopic (exact) mass is 456 g/mol. The van der Waals surface area contributed by atoms with Gasteiger partial charge in [-0.2, -0.15) is 0 Å². The molecule has 0 aliphatic heterocycles. The van der Waals surface area contributed by atoms with Gasteiger partial charge in [0.1, 0.15) is 11.5 Å². The van der Waals surface area contributed by atoms with Crippen molar-refractivity contribution in [2.24, 2.45) is 11.7 Å². The lowest BCUT2D eigenvalue weighted by molar-refractivity contribution is -0.139. The number of ether oxygens (including phenoxy) is 1. The van der Waals surface area contributed by atoms with Crippen LogP contribution in [0.1, 0.15) is 31.4 Å². The highest BCUT2D eigenvalue weighted by Crippen LogP contribution is 2.34. The fraction of sp³-hybridized carbons (Fsp3) is 0.241. The topological polar surface area (TPSA) is 72.6 Å². The zero-order valence-electron chi connectivity index (χ0n) is 19.9. The fourth-order valence-electron chi connectivity index (χ4n) is 3.54. The van der Waals surface area contributed by atoms with Crippen molar-refractivity contribution in [2.45, 2.75) is 33.1 Å². The van der Waals surface area contributed by atoms with Crippen LogP contribution in [0.5, 0.6) is 0 Å². The first-order valence-electron chi connectivity index (χ1n) is 11.5. The van der Waals surface area contributed by atoms with Crippen molar-refractivity contribution in [1.82, 2.24) is 0 Å². The molecule has 5 heteroatoms. The van der Waals surface area contributed by atoms with E-state index in [0.29, 0.717) is 19.4 Å². The van der Waals surface area contributed by atoms with Gasteiger partial charge in [0.25, 0.3) is 0 Å². The van der Waals surface area contributed by atoms with Gasteiger partial charge in [-0.1, -0.05) is 62.9 Å². The number of Topliss-reactive ketones (excluding diaryl/α,β-unsaturated/α-hetero) is 1. The molecule has 3 aromatic carbocycles. The van der Waals surface area contributed by atoms with E-state index in [2.05, 4.69) is 60.0 Å². The summed E-state index contributed by atoms with van der Waals surface area (Å²) >= 11 is 0. The average molecular weight is 457 g/mol. The molecular formula is C29H32N2O3. The molecule has 0 heterocycles. The predicted octanol–water partition coefficient (Wildman–Crippen LogP) is 5.87. The maximum absolute atomic E-state index is 12.1. The molecule has 2 N–H and O–H groups in total. The van der Waals surface area contributed by atoms with E-state index in [9.17, 15) is 9.59 Å². The Hall–Kier alpha value is -3.86. The van der Waals surface area contributed by atoms with Crippen molar-refractivity contribution in [3.05, 3.63) is 102 Å². The Morgan fingerprint density at radius 1 is 0.853 bits per heavy atom. The summed E-state index contributed by atoms with van der Waals surface area (Å²) in [6.07, 6.45) is 1.94. The van der Waals surface area contributed by atoms with E-state index in [1.807, 2.05) is 44.2 Å². The van der Waals surface area contributed by atoms with E-state index >= 15 is 0 Å². The second-order valence-electron chi connectivity index (χ2n) is 8.57. The van der Waals surface area contributed by atoms with Crippen LogP contribution in [0.2, 0.25) is 0 Å². The maximum Gasteiger partial charge on any atom is 0.353 e. The second-order valence-corrected chi connectivity index (χ2v) is 8.57.